The van der Waals surface area contributed by atoms with E-state index in [1.807, 2.05) is 42.5 Å². The number of aldehydes is 1. The molecule has 0 spiro atoms. The van der Waals surface area contributed by atoms with Crippen molar-refractivity contribution in [3.63, 3.8) is 0 Å². The smallest absolute Gasteiger partial charge is 0.172 e. The Morgan fingerprint density at radius 1 is 1.13 bits per heavy atom. The number of rotatable bonds is 5. The molecule has 23 heavy (non-hydrogen) atoms. The summed E-state index contributed by atoms with van der Waals surface area (Å²) >= 11 is 0. The van der Waals surface area contributed by atoms with Crippen LogP contribution in [0.25, 0.3) is 16.9 Å². The second kappa shape index (κ2) is 6.44. The Bertz CT molecular complexity index is 823. The number of nitrogens with zero attached hydrogens (tertiary/aromatic N) is 3. The van der Waals surface area contributed by atoms with E-state index in [4.69, 9.17) is 4.74 Å². The van der Waals surface area contributed by atoms with Gasteiger partial charge in [-0.25, -0.2) is 4.68 Å². The maximum absolute atomic E-state index is 11.4. The van der Waals surface area contributed by atoms with E-state index < -0.39 is 0 Å². The lowest BCUT2D eigenvalue weighted by Crippen LogP contribution is -2.03. The molecule has 0 bridgehead atoms. The van der Waals surface area contributed by atoms with Gasteiger partial charge in [0.2, 0.25) is 0 Å². The number of hydrogen-bond donors (Lipinski definition) is 0. The van der Waals surface area contributed by atoms with Gasteiger partial charge in [-0.2, -0.15) is 0 Å². The van der Waals surface area contributed by atoms with Gasteiger partial charge < -0.3 is 4.74 Å². The van der Waals surface area contributed by atoms with Crippen molar-refractivity contribution in [2.24, 2.45) is 0 Å². The van der Waals surface area contributed by atoms with Crippen molar-refractivity contribution < 1.29 is 9.53 Å². The predicted molar refractivity (Wildman–Crippen MR) is 88.1 cm³/mol. The quantitative estimate of drug-likeness (QED) is 0.679. The Morgan fingerprint density at radius 3 is 2.52 bits per heavy atom. The normalized spacial score (nSPS) is 10.5. The summed E-state index contributed by atoms with van der Waals surface area (Å²) in [6.07, 6.45) is 1.60. The molecule has 0 saturated heterocycles. The van der Waals surface area contributed by atoms with E-state index in [2.05, 4.69) is 23.3 Å². The van der Waals surface area contributed by atoms with Crippen molar-refractivity contribution in [1.82, 2.24) is 15.0 Å². The number of ether oxygens (including phenoxy) is 1. The first kappa shape index (κ1) is 15.0. The molecular weight excluding hydrogens is 290 g/mol. The van der Waals surface area contributed by atoms with Gasteiger partial charge >= 0.3 is 0 Å². The van der Waals surface area contributed by atoms with E-state index in [1.54, 1.807) is 11.8 Å². The van der Waals surface area contributed by atoms with E-state index >= 15 is 0 Å². The minimum absolute atomic E-state index is 0.320. The molecule has 5 heteroatoms. The molecule has 0 aliphatic carbocycles. The molecule has 0 aliphatic heterocycles. The van der Waals surface area contributed by atoms with E-state index in [9.17, 15) is 4.79 Å². The Kier molecular flexibility index (Phi) is 4.19. The maximum Gasteiger partial charge on any atom is 0.172 e. The minimum atomic E-state index is 0.320. The van der Waals surface area contributed by atoms with Gasteiger partial charge in [0.25, 0.3) is 0 Å². The van der Waals surface area contributed by atoms with Crippen LogP contribution in [0.2, 0.25) is 0 Å². The summed E-state index contributed by atoms with van der Waals surface area (Å²) in [7, 11) is 1.62. The molecule has 2 aromatic carbocycles. The lowest BCUT2D eigenvalue weighted by molar-refractivity contribution is 0.111. The lowest BCUT2D eigenvalue weighted by Gasteiger charge is -2.11. The van der Waals surface area contributed by atoms with Crippen molar-refractivity contribution in [2.45, 2.75) is 13.3 Å². The van der Waals surface area contributed by atoms with Gasteiger partial charge in [0.05, 0.1) is 12.8 Å². The Hall–Kier alpha value is -2.95. The highest BCUT2D eigenvalue weighted by atomic mass is 16.5. The summed E-state index contributed by atoms with van der Waals surface area (Å²) in [5.41, 5.74) is 3.94. The van der Waals surface area contributed by atoms with E-state index in [0.29, 0.717) is 11.4 Å². The fraction of sp³-hybridized carbons (Fsp3) is 0.167. The lowest BCUT2D eigenvalue weighted by atomic mass is 10.1. The van der Waals surface area contributed by atoms with Crippen LogP contribution in [0.3, 0.4) is 0 Å². The molecule has 3 aromatic rings. The number of carbonyl (C=O) groups excluding carboxylic acids is 1. The monoisotopic (exact) mass is 307 g/mol. The van der Waals surface area contributed by atoms with Crippen molar-refractivity contribution >= 4 is 6.29 Å². The third kappa shape index (κ3) is 2.73. The summed E-state index contributed by atoms with van der Waals surface area (Å²) < 4.78 is 6.91. The largest absolute Gasteiger partial charge is 0.497 e. The number of aromatic nitrogens is 3. The summed E-state index contributed by atoms with van der Waals surface area (Å²) in [5, 5.41) is 8.21. The predicted octanol–water partition coefficient (Wildman–Crippen LogP) is 3.32. The zero-order valence-electron chi connectivity index (χ0n) is 13.1. The van der Waals surface area contributed by atoms with Gasteiger partial charge in [-0.3, -0.25) is 4.79 Å². The maximum atomic E-state index is 11.4. The molecule has 0 radical (unpaired) electrons. The third-order valence-corrected chi connectivity index (χ3v) is 3.77. The van der Waals surface area contributed by atoms with Gasteiger partial charge in [0.1, 0.15) is 11.4 Å². The van der Waals surface area contributed by atoms with Gasteiger partial charge in [0, 0.05) is 5.56 Å². The highest BCUT2D eigenvalue weighted by Gasteiger charge is 2.17. The van der Waals surface area contributed by atoms with E-state index in [0.717, 1.165) is 35.3 Å². The number of hydrogen-bond acceptors (Lipinski definition) is 4. The molecule has 0 unspecified atom stereocenters. The molecule has 0 atom stereocenters. The molecule has 0 amide bonds. The molecule has 0 saturated carbocycles. The standard InChI is InChI=1S/C18H17N3O2/c1-3-13-6-4-5-7-17(13)21-18(16(12-22)19-20-21)14-8-10-15(23-2)11-9-14/h4-12H,3H2,1-2H3. The average Bonchev–Trinajstić information content (AvgIpc) is 3.05. The van der Waals surface area contributed by atoms with E-state index in [-0.39, 0.29) is 0 Å². The Morgan fingerprint density at radius 2 is 1.87 bits per heavy atom. The second-order valence-electron chi connectivity index (χ2n) is 5.06. The van der Waals surface area contributed by atoms with E-state index in [1.165, 1.54) is 0 Å². The Balaban J connectivity index is 2.19. The summed E-state index contributed by atoms with van der Waals surface area (Å²) in [5.74, 6) is 0.759. The topological polar surface area (TPSA) is 57.0 Å². The minimum Gasteiger partial charge on any atom is -0.497 e. The van der Waals surface area contributed by atoms with Gasteiger partial charge in [-0.1, -0.05) is 30.3 Å². The first-order valence-electron chi connectivity index (χ1n) is 7.42. The SMILES string of the molecule is CCc1ccccc1-n1nnc(C=O)c1-c1ccc(OC)cc1. The van der Waals surface area contributed by atoms with Crippen molar-refractivity contribution in [2.75, 3.05) is 7.11 Å². The van der Waals surface area contributed by atoms with Crippen molar-refractivity contribution in [3.05, 3.63) is 59.8 Å². The number of methoxy groups -OCH3 is 1. The first-order valence-corrected chi connectivity index (χ1v) is 7.42. The van der Waals surface area contributed by atoms with Crippen LogP contribution >= 0.6 is 0 Å². The first-order chi connectivity index (χ1) is 11.3. The molecule has 0 N–H and O–H groups in total. The third-order valence-electron chi connectivity index (χ3n) is 3.77. The summed E-state index contributed by atoms with van der Waals surface area (Å²) in [4.78, 5) is 11.4. The molecule has 0 aliphatic rings. The van der Waals surface area contributed by atoms with Gasteiger partial charge in [-0.05, 0) is 42.3 Å². The number of para-hydroxylation sites is 1. The van der Waals surface area contributed by atoms with Gasteiger partial charge in [0.15, 0.2) is 12.0 Å². The molecule has 5 nitrogen and oxygen atoms in total. The molecular formula is C18H17N3O2. The Labute approximate surface area is 134 Å². The van der Waals surface area contributed by atoms with Crippen LogP contribution in [0.1, 0.15) is 23.0 Å². The van der Waals surface area contributed by atoms with Crippen LogP contribution in [-0.2, 0) is 6.42 Å². The van der Waals surface area contributed by atoms with Crippen LogP contribution in [0.4, 0.5) is 0 Å². The fourth-order valence-corrected chi connectivity index (χ4v) is 2.58. The van der Waals surface area contributed by atoms with Crippen LogP contribution < -0.4 is 4.74 Å². The summed E-state index contributed by atoms with van der Waals surface area (Å²) in [6, 6.07) is 15.5. The highest BCUT2D eigenvalue weighted by Crippen LogP contribution is 2.27. The van der Waals surface area contributed by atoms with Crippen LogP contribution in [0.15, 0.2) is 48.5 Å². The van der Waals surface area contributed by atoms with Crippen molar-refractivity contribution in [3.8, 4) is 22.7 Å². The van der Waals surface area contributed by atoms with Crippen LogP contribution in [0, 0.1) is 0 Å². The van der Waals surface area contributed by atoms with Crippen molar-refractivity contribution in [1.29, 1.82) is 0 Å². The van der Waals surface area contributed by atoms with Crippen LogP contribution in [0.5, 0.6) is 5.75 Å². The average molecular weight is 307 g/mol. The molecule has 1 heterocycles. The molecule has 116 valence electrons. The van der Waals surface area contributed by atoms with Gasteiger partial charge in [-0.15, -0.1) is 5.10 Å². The highest BCUT2D eigenvalue weighted by molar-refractivity contribution is 5.84. The number of carbonyl (C=O) groups is 1. The fourth-order valence-electron chi connectivity index (χ4n) is 2.58. The second-order valence-corrected chi connectivity index (χ2v) is 5.06. The molecule has 3 rings (SSSR count). The zero-order valence-corrected chi connectivity index (χ0v) is 13.1. The number of aryl methyl sites for hydroxylation is 1. The zero-order chi connectivity index (χ0) is 16.2. The van der Waals surface area contributed by atoms with Crippen LogP contribution in [-0.4, -0.2) is 28.4 Å². The number of benzene rings is 2. The summed E-state index contributed by atoms with van der Waals surface area (Å²) in [6.45, 7) is 2.09. The molecule has 0 fully saturated rings. The molecule has 1 aromatic heterocycles.